The summed E-state index contributed by atoms with van der Waals surface area (Å²) in [5, 5.41) is 11.8. The van der Waals surface area contributed by atoms with Crippen molar-refractivity contribution in [2.45, 2.75) is 51.6 Å². The van der Waals surface area contributed by atoms with Gasteiger partial charge in [0.2, 0.25) is 0 Å². The number of nitrogens with one attached hydrogen (secondary N) is 1. The Kier molecular flexibility index (Phi) is 3.05. The molecule has 2 rings (SSSR count). The molecule has 1 fully saturated rings. The fourth-order valence-corrected chi connectivity index (χ4v) is 2.51. The van der Waals surface area contributed by atoms with Crippen LogP contribution in [0.2, 0.25) is 0 Å². The van der Waals surface area contributed by atoms with Gasteiger partial charge in [-0.05, 0) is 32.2 Å². The normalized spacial score (nSPS) is 26.0. The lowest BCUT2D eigenvalue weighted by atomic mass is 9.90. The van der Waals surface area contributed by atoms with Gasteiger partial charge < -0.3 is 5.32 Å². The maximum atomic E-state index is 4.17. The monoisotopic (exact) mass is 208 g/mol. The zero-order valence-corrected chi connectivity index (χ0v) is 9.66. The van der Waals surface area contributed by atoms with E-state index in [1.807, 2.05) is 6.20 Å². The van der Waals surface area contributed by atoms with Gasteiger partial charge in [0, 0.05) is 6.54 Å². The zero-order chi connectivity index (χ0) is 10.7. The third kappa shape index (κ3) is 1.78. The van der Waals surface area contributed by atoms with Crippen LogP contribution < -0.4 is 5.32 Å². The largest absolute Gasteiger partial charge is 0.306 e. The van der Waals surface area contributed by atoms with Gasteiger partial charge in [0.15, 0.2) is 0 Å². The maximum absolute atomic E-state index is 4.17. The second kappa shape index (κ2) is 4.31. The Labute approximate surface area is 91.1 Å². The van der Waals surface area contributed by atoms with E-state index in [9.17, 15) is 0 Å². The van der Waals surface area contributed by atoms with Gasteiger partial charge in [-0.1, -0.05) is 19.1 Å². The topological polar surface area (TPSA) is 42.7 Å². The summed E-state index contributed by atoms with van der Waals surface area (Å²) in [6, 6.07) is 0. The van der Waals surface area contributed by atoms with Gasteiger partial charge in [-0.3, -0.25) is 0 Å². The fourth-order valence-electron chi connectivity index (χ4n) is 2.51. The average Bonchev–Trinajstić information content (AvgIpc) is 2.86. The zero-order valence-electron chi connectivity index (χ0n) is 9.66. The van der Waals surface area contributed by atoms with Crippen molar-refractivity contribution < 1.29 is 0 Å². The fraction of sp³-hybridized carbons (Fsp3) is 0.818. The van der Waals surface area contributed by atoms with E-state index in [1.165, 1.54) is 18.5 Å². The van der Waals surface area contributed by atoms with Gasteiger partial charge in [0.05, 0.1) is 17.4 Å². The first-order valence-electron chi connectivity index (χ1n) is 5.96. The van der Waals surface area contributed by atoms with Crippen LogP contribution in [-0.4, -0.2) is 21.5 Å². The van der Waals surface area contributed by atoms with Gasteiger partial charge in [0.25, 0.3) is 0 Å². The van der Waals surface area contributed by atoms with Crippen LogP contribution in [0.15, 0.2) is 6.20 Å². The lowest BCUT2D eigenvalue weighted by Crippen LogP contribution is -2.38. The summed E-state index contributed by atoms with van der Waals surface area (Å²) in [7, 11) is 0. The van der Waals surface area contributed by atoms with Crippen LogP contribution >= 0.6 is 0 Å². The molecular formula is C11H20N4. The minimum Gasteiger partial charge on any atom is -0.306 e. The maximum Gasteiger partial charge on any atom is 0.0787 e. The number of aromatic nitrogens is 3. The summed E-state index contributed by atoms with van der Waals surface area (Å²) in [5.74, 6) is 0. The molecule has 1 unspecified atom stereocenters. The second-order valence-electron chi connectivity index (χ2n) is 4.31. The molecule has 1 saturated heterocycles. The van der Waals surface area contributed by atoms with Gasteiger partial charge in [-0.15, -0.1) is 5.10 Å². The van der Waals surface area contributed by atoms with Crippen molar-refractivity contribution in [2.75, 3.05) is 6.54 Å². The Balaban J connectivity index is 2.29. The van der Waals surface area contributed by atoms with Crippen molar-refractivity contribution in [1.29, 1.82) is 0 Å². The van der Waals surface area contributed by atoms with Gasteiger partial charge >= 0.3 is 0 Å². The highest BCUT2D eigenvalue weighted by atomic mass is 15.4. The Morgan fingerprint density at radius 3 is 3.00 bits per heavy atom. The van der Waals surface area contributed by atoms with E-state index < -0.39 is 0 Å². The molecule has 1 N–H and O–H groups in total. The van der Waals surface area contributed by atoms with Crippen LogP contribution in [0.25, 0.3) is 0 Å². The lowest BCUT2D eigenvalue weighted by molar-refractivity contribution is 0.339. The summed E-state index contributed by atoms with van der Waals surface area (Å²) >= 11 is 0. The predicted molar refractivity (Wildman–Crippen MR) is 59.5 cm³/mol. The first-order valence-corrected chi connectivity index (χ1v) is 5.96. The van der Waals surface area contributed by atoms with E-state index in [-0.39, 0.29) is 5.54 Å². The highest BCUT2D eigenvalue weighted by molar-refractivity contribution is 5.14. The first-order chi connectivity index (χ1) is 7.32. The third-order valence-electron chi connectivity index (χ3n) is 3.39. The summed E-state index contributed by atoms with van der Waals surface area (Å²) < 4.78 is 2.06. The molecule has 1 aliphatic heterocycles. The molecule has 0 spiro atoms. The minimum absolute atomic E-state index is 0.138. The van der Waals surface area contributed by atoms with Gasteiger partial charge in [-0.25, -0.2) is 4.68 Å². The number of hydrogen-bond acceptors (Lipinski definition) is 3. The molecule has 0 aromatic carbocycles. The van der Waals surface area contributed by atoms with E-state index in [1.54, 1.807) is 0 Å². The van der Waals surface area contributed by atoms with Crippen molar-refractivity contribution in [1.82, 2.24) is 20.3 Å². The van der Waals surface area contributed by atoms with Crippen LogP contribution in [0.1, 0.15) is 45.2 Å². The summed E-state index contributed by atoms with van der Waals surface area (Å²) in [6.07, 6.45) is 6.61. The molecule has 4 heteroatoms. The molecule has 84 valence electrons. The molecule has 0 radical (unpaired) electrons. The Hall–Kier alpha value is -0.900. The van der Waals surface area contributed by atoms with E-state index in [2.05, 4.69) is 34.2 Å². The highest BCUT2D eigenvalue weighted by Crippen LogP contribution is 2.33. The molecule has 4 nitrogen and oxygen atoms in total. The van der Waals surface area contributed by atoms with E-state index in [0.29, 0.717) is 0 Å². The van der Waals surface area contributed by atoms with Gasteiger partial charge in [-0.2, -0.15) is 0 Å². The summed E-state index contributed by atoms with van der Waals surface area (Å²) in [4.78, 5) is 0. The van der Waals surface area contributed by atoms with Crippen LogP contribution in [0.4, 0.5) is 0 Å². The van der Waals surface area contributed by atoms with E-state index in [4.69, 9.17) is 0 Å². The summed E-state index contributed by atoms with van der Waals surface area (Å²) in [6.45, 7) is 6.50. The van der Waals surface area contributed by atoms with Crippen LogP contribution in [0, 0.1) is 0 Å². The van der Waals surface area contributed by atoms with Crippen LogP contribution in [0.5, 0.6) is 0 Å². The standard InChI is InChI=1S/C11H20N4/c1-3-8-15-10(9-13-14-15)11(4-2)6-5-7-12-11/h9,12H,3-8H2,1-2H3. The van der Waals surface area contributed by atoms with Crippen LogP contribution in [-0.2, 0) is 12.1 Å². The molecule has 1 atom stereocenters. The smallest absolute Gasteiger partial charge is 0.0787 e. The lowest BCUT2D eigenvalue weighted by Gasteiger charge is -2.28. The Bertz CT molecular complexity index is 312. The molecule has 1 aromatic rings. The molecule has 0 aliphatic carbocycles. The second-order valence-corrected chi connectivity index (χ2v) is 4.31. The van der Waals surface area contributed by atoms with Gasteiger partial charge in [0.1, 0.15) is 0 Å². The third-order valence-corrected chi connectivity index (χ3v) is 3.39. The summed E-state index contributed by atoms with van der Waals surface area (Å²) in [5.41, 5.74) is 1.41. The Morgan fingerprint density at radius 2 is 2.40 bits per heavy atom. The number of hydrogen-bond donors (Lipinski definition) is 1. The minimum atomic E-state index is 0.138. The van der Waals surface area contributed by atoms with Crippen molar-refractivity contribution >= 4 is 0 Å². The Morgan fingerprint density at radius 1 is 1.53 bits per heavy atom. The van der Waals surface area contributed by atoms with Crippen molar-refractivity contribution in [3.8, 4) is 0 Å². The van der Waals surface area contributed by atoms with E-state index >= 15 is 0 Å². The number of rotatable bonds is 4. The number of aryl methyl sites for hydroxylation is 1. The predicted octanol–water partition coefficient (Wildman–Crippen LogP) is 1.68. The number of nitrogens with zero attached hydrogens (tertiary/aromatic N) is 3. The molecule has 2 heterocycles. The first kappa shape index (κ1) is 10.6. The molecule has 0 amide bonds. The van der Waals surface area contributed by atoms with Crippen LogP contribution in [0.3, 0.4) is 0 Å². The highest BCUT2D eigenvalue weighted by Gasteiger charge is 2.36. The molecular weight excluding hydrogens is 188 g/mol. The molecule has 15 heavy (non-hydrogen) atoms. The molecule has 1 aromatic heterocycles. The molecule has 0 bridgehead atoms. The average molecular weight is 208 g/mol. The SMILES string of the molecule is CCCn1nncc1C1(CC)CCCN1. The van der Waals surface area contributed by atoms with E-state index in [0.717, 1.165) is 25.9 Å². The molecule has 1 aliphatic rings. The van der Waals surface area contributed by atoms with Crippen molar-refractivity contribution in [2.24, 2.45) is 0 Å². The van der Waals surface area contributed by atoms with Crippen molar-refractivity contribution in [3.05, 3.63) is 11.9 Å². The van der Waals surface area contributed by atoms with Crippen molar-refractivity contribution in [3.63, 3.8) is 0 Å². The molecule has 0 saturated carbocycles. The quantitative estimate of drug-likeness (QED) is 0.818.